The fourth-order valence-electron chi connectivity index (χ4n) is 3.57. The second-order valence-electron chi connectivity index (χ2n) is 6.79. The molecule has 0 spiro atoms. The summed E-state index contributed by atoms with van der Waals surface area (Å²) >= 11 is 6.02. The van der Waals surface area contributed by atoms with E-state index in [4.69, 9.17) is 11.6 Å². The molecule has 7 heteroatoms. The first-order valence-corrected chi connectivity index (χ1v) is 9.11. The van der Waals surface area contributed by atoms with Gasteiger partial charge >= 0.3 is 0 Å². The van der Waals surface area contributed by atoms with E-state index in [0.717, 1.165) is 40.7 Å². The number of fused-ring (bicyclic) bond motifs is 3. The van der Waals surface area contributed by atoms with Crippen LogP contribution in [0, 0.1) is 11.3 Å². The summed E-state index contributed by atoms with van der Waals surface area (Å²) in [5.41, 5.74) is 4.34. The number of rotatable bonds is 2. The van der Waals surface area contributed by atoms with E-state index in [9.17, 15) is 10.1 Å². The first kappa shape index (κ1) is 17.4. The number of pyridine rings is 2. The molecular weight excluding hydrogens is 362 g/mol. The summed E-state index contributed by atoms with van der Waals surface area (Å²) in [6.07, 6.45) is 3.26. The van der Waals surface area contributed by atoms with E-state index in [-0.39, 0.29) is 10.7 Å². The first-order valence-electron chi connectivity index (χ1n) is 8.73. The van der Waals surface area contributed by atoms with E-state index in [2.05, 4.69) is 28.6 Å². The molecule has 1 aliphatic rings. The maximum absolute atomic E-state index is 12.7. The molecule has 2 aromatic heterocycles. The Morgan fingerprint density at radius 1 is 1.41 bits per heavy atom. The van der Waals surface area contributed by atoms with Crippen LogP contribution in [0.4, 0.5) is 17.1 Å². The highest BCUT2D eigenvalue weighted by molar-refractivity contribution is 6.31. The van der Waals surface area contributed by atoms with E-state index in [1.54, 1.807) is 23.9 Å². The molecule has 0 bridgehead atoms. The summed E-state index contributed by atoms with van der Waals surface area (Å²) in [6.45, 7) is 2.12. The number of aromatic nitrogens is 2. The van der Waals surface area contributed by atoms with Gasteiger partial charge in [0.25, 0.3) is 5.56 Å². The quantitative estimate of drug-likeness (QED) is 0.659. The van der Waals surface area contributed by atoms with Crippen LogP contribution in [0.1, 0.15) is 24.5 Å². The van der Waals surface area contributed by atoms with Crippen LogP contribution in [0.3, 0.4) is 0 Å². The lowest BCUT2D eigenvalue weighted by Gasteiger charge is -2.26. The second-order valence-corrected chi connectivity index (χ2v) is 7.15. The molecule has 1 aliphatic heterocycles. The third kappa shape index (κ3) is 2.90. The van der Waals surface area contributed by atoms with Crippen molar-refractivity contribution < 1.29 is 0 Å². The highest BCUT2D eigenvalue weighted by atomic mass is 35.5. The molecule has 1 unspecified atom stereocenters. The van der Waals surface area contributed by atoms with Crippen molar-refractivity contribution >= 4 is 39.6 Å². The normalized spacial score (nSPS) is 15.7. The monoisotopic (exact) mass is 379 g/mol. The summed E-state index contributed by atoms with van der Waals surface area (Å²) in [4.78, 5) is 16.6. The van der Waals surface area contributed by atoms with Crippen LogP contribution in [0.2, 0.25) is 5.15 Å². The zero-order valence-corrected chi connectivity index (χ0v) is 15.8. The molecule has 3 heterocycles. The van der Waals surface area contributed by atoms with Gasteiger partial charge in [0.1, 0.15) is 16.8 Å². The van der Waals surface area contributed by atoms with Crippen molar-refractivity contribution in [1.82, 2.24) is 9.55 Å². The standard InChI is InChI=1S/C20H18ClN5O/c1-11-3-5-13-18(24-11)14-9-12(4-6-17(14)26(2)20(13)27)25-16-7-8-23-19(21)15(16)10-22/h4,6-9,11,24H,3,5H2,1-2H3,(H,23,25). The zero-order valence-electron chi connectivity index (χ0n) is 15.0. The number of hydrogen-bond acceptors (Lipinski definition) is 5. The van der Waals surface area contributed by atoms with Gasteiger partial charge in [-0.05, 0) is 44.0 Å². The minimum absolute atomic E-state index is 0.0466. The lowest BCUT2D eigenvalue weighted by Crippen LogP contribution is -2.31. The molecule has 1 aromatic carbocycles. The Hall–Kier alpha value is -3.04. The molecule has 3 aromatic rings. The van der Waals surface area contributed by atoms with Crippen molar-refractivity contribution in [2.75, 3.05) is 10.6 Å². The van der Waals surface area contributed by atoms with Crippen molar-refractivity contribution in [3.63, 3.8) is 0 Å². The van der Waals surface area contributed by atoms with Crippen LogP contribution in [0.25, 0.3) is 10.9 Å². The van der Waals surface area contributed by atoms with Crippen LogP contribution >= 0.6 is 11.6 Å². The molecule has 0 saturated heterocycles. The lowest BCUT2D eigenvalue weighted by molar-refractivity contribution is 0.671. The van der Waals surface area contributed by atoms with Crippen molar-refractivity contribution in [3.05, 3.63) is 57.1 Å². The van der Waals surface area contributed by atoms with Gasteiger partial charge < -0.3 is 15.2 Å². The minimum atomic E-state index is 0.0466. The van der Waals surface area contributed by atoms with Gasteiger partial charge in [-0.2, -0.15) is 5.26 Å². The number of hydrogen-bond donors (Lipinski definition) is 2. The van der Waals surface area contributed by atoms with Gasteiger partial charge in [-0.25, -0.2) is 4.98 Å². The van der Waals surface area contributed by atoms with E-state index in [1.165, 1.54) is 0 Å². The van der Waals surface area contributed by atoms with Gasteiger partial charge in [-0.1, -0.05) is 11.6 Å². The smallest absolute Gasteiger partial charge is 0.256 e. The van der Waals surface area contributed by atoms with Crippen LogP contribution in [-0.2, 0) is 13.5 Å². The summed E-state index contributed by atoms with van der Waals surface area (Å²) in [5, 5.41) is 17.2. The van der Waals surface area contributed by atoms with E-state index in [0.29, 0.717) is 17.3 Å². The Balaban J connectivity index is 1.87. The molecule has 0 radical (unpaired) electrons. The lowest BCUT2D eigenvalue weighted by atomic mass is 9.97. The van der Waals surface area contributed by atoms with Crippen LogP contribution in [0.5, 0.6) is 0 Å². The Morgan fingerprint density at radius 2 is 2.22 bits per heavy atom. The van der Waals surface area contributed by atoms with Crippen molar-refractivity contribution in [2.45, 2.75) is 25.8 Å². The highest BCUT2D eigenvalue weighted by Crippen LogP contribution is 2.33. The van der Waals surface area contributed by atoms with E-state index < -0.39 is 0 Å². The van der Waals surface area contributed by atoms with Crippen LogP contribution < -0.4 is 16.2 Å². The van der Waals surface area contributed by atoms with Gasteiger partial charge in [-0.3, -0.25) is 4.79 Å². The number of benzene rings is 1. The molecule has 136 valence electrons. The molecule has 1 atom stereocenters. The fraction of sp³-hybridized carbons (Fsp3) is 0.250. The van der Waals surface area contributed by atoms with Crippen molar-refractivity contribution in [3.8, 4) is 6.07 Å². The molecule has 0 amide bonds. The molecule has 0 aliphatic carbocycles. The topological polar surface area (TPSA) is 82.7 Å². The van der Waals surface area contributed by atoms with Gasteiger partial charge in [-0.15, -0.1) is 0 Å². The molecule has 2 N–H and O–H groups in total. The Morgan fingerprint density at radius 3 is 3.00 bits per heavy atom. The molecule has 27 heavy (non-hydrogen) atoms. The van der Waals surface area contributed by atoms with Crippen LogP contribution in [0.15, 0.2) is 35.3 Å². The molecule has 0 fully saturated rings. The van der Waals surface area contributed by atoms with Crippen LogP contribution in [-0.4, -0.2) is 15.6 Å². The number of anilines is 3. The Bertz CT molecular complexity index is 1160. The third-order valence-electron chi connectivity index (χ3n) is 5.01. The minimum Gasteiger partial charge on any atom is -0.382 e. The predicted molar refractivity (Wildman–Crippen MR) is 108 cm³/mol. The molecular formula is C20H18ClN5O. The molecule has 4 rings (SSSR count). The maximum atomic E-state index is 12.7. The van der Waals surface area contributed by atoms with E-state index >= 15 is 0 Å². The maximum Gasteiger partial charge on any atom is 0.256 e. The first-order chi connectivity index (χ1) is 13.0. The van der Waals surface area contributed by atoms with Gasteiger partial charge in [0, 0.05) is 35.9 Å². The Labute approximate surface area is 161 Å². The van der Waals surface area contributed by atoms with Gasteiger partial charge in [0.2, 0.25) is 0 Å². The SMILES string of the molecule is CC1CCc2c(c3cc(Nc4ccnc(Cl)c4C#N)ccc3n(C)c2=O)N1. The van der Waals surface area contributed by atoms with E-state index in [1.807, 2.05) is 18.2 Å². The van der Waals surface area contributed by atoms with Gasteiger partial charge in [0.15, 0.2) is 0 Å². The number of nitrogens with one attached hydrogen (secondary N) is 2. The number of halogens is 1. The molecule has 0 saturated carbocycles. The third-order valence-corrected chi connectivity index (χ3v) is 5.29. The largest absolute Gasteiger partial charge is 0.382 e. The summed E-state index contributed by atoms with van der Waals surface area (Å²) < 4.78 is 1.69. The number of nitriles is 1. The number of nitrogens with zero attached hydrogens (tertiary/aromatic N) is 3. The summed E-state index contributed by atoms with van der Waals surface area (Å²) in [5.74, 6) is 0. The number of aryl methyl sites for hydroxylation is 1. The average Bonchev–Trinajstić information content (AvgIpc) is 2.66. The second kappa shape index (κ2) is 6.60. The molecule has 6 nitrogen and oxygen atoms in total. The predicted octanol–water partition coefficient (Wildman–Crippen LogP) is 3.95. The highest BCUT2D eigenvalue weighted by Gasteiger charge is 2.21. The zero-order chi connectivity index (χ0) is 19.1. The van der Waals surface area contributed by atoms with Gasteiger partial charge in [0.05, 0.1) is 16.9 Å². The Kier molecular flexibility index (Phi) is 4.25. The fourth-order valence-corrected chi connectivity index (χ4v) is 3.77. The summed E-state index contributed by atoms with van der Waals surface area (Å²) in [6, 6.07) is 9.90. The van der Waals surface area contributed by atoms with Crippen molar-refractivity contribution in [1.29, 1.82) is 5.26 Å². The van der Waals surface area contributed by atoms with Crippen molar-refractivity contribution in [2.24, 2.45) is 7.05 Å². The summed E-state index contributed by atoms with van der Waals surface area (Å²) in [7, 11) is 1.80. The average molecular weight is 380 g/mol.